The van der Waals surface area contributed by atoms with Crippen molar-refractivity contribution in [2.24, 2.45) is 37.7 Å². The highest BCUT2D eigenvalue weighted by Gasteiger charge is 2.43. The van der Waals surface area contributed by atoms with Crippen LogP contribution in [-0.4, -0.2) is 48.0 Å². The van der Waals surface area contributed by atoms with E-state index in [-0.39, 0.29) is 42.4 Å². The zero-order valence-corrected chi connectivity index (χ0v) is 22.2. The summed E-state index contributed by atoms with van der Waals surface area (Å²) >= 11 is 0. The van der Waals surface area contributed by atoms with Crippen LogP contribution in [-0.2, 0) is 0 Å². The Kier molecular flexibility index (Phi) is 4.96. The van der Waals surface area contributed by atoms with Gasteiger partial charge in [-0.3, -0.25) is 5.32 Å². The lowest BCUT2D eigenvalue weighted by Crippen LogP contribution is -2.47. The first-order chi connectivity index (χ1) is 19.8. The maximum Gasteiger partial charge on any atom is 0.154 e. The van der Waals surface area contributed by atoms with Gasteiger partial charge in [0.05, 0.1) is 6.17 Å². The Balaban J connectivity index is 1.18. The van der Waals surface area contributed by atoms with Gasteiger partial charge in [-0.1, -0.05) is 66.8 Å². The van der Waals surface area contributed by atoms with Gasteiger partial charge in [0.15, 0.2) is 6.17 Å². The quantitative estimate of drug-likeness (QED) is 0.362. The summed E-state index contributed by atoms with van der Waals surface area (Å²) in [5.41, 5.74) is 6.37. The minimum Gasteiger partial charge on any atom is -0.354 e. The minimum atomic E-state index is -0.208. The highest BCUT2D eigenvalue weighted by molar-refractivity contribution is 6.17. The van der Waals surface area contributed by atoms with Gasteiger partial charge >= 0.3 is 0 Å². The van der Waals surface area contributed by atoms with Crippen molar-refractivity contribution >= 4 is 23.3 Å². The Bertz CT molecular complexity index is 1570. The highest BCUT2D eigenvalue weighted by Crippen LogP contribution is 2.38. The Morgan fingerprint density at radius 3 is 2.10 bits per heavy atom. The molecule has 0 amide bonds. The molecule has 0 aromatic rings. The van der Waals surface area contributed by atoms with Crippen LogP contribution in [0.4, 0.5) is 0 Å². The molecule has 7 unspecified atom stereocenters. The number of fused-ring (bicyclic) bond motifs is 16. The molecule has 7 atom stereocenters. The standard InChI is InChI=1S/C32H32N8/c1-2-10-18-17(9-1)25-33-26(18)38-28-21-13-5-6-14-22(21)30(35-28)40-32-24-16-8-7-15-23(24)31(36-32)39-29-20-12-4-3-11-19(20)27(34-29)37-25/h1-3,6-7,11-16,19,22-23,25,27,30-31,37H,4-5,8-10H2,(H,34,39)(H,36,40)(H,33,35,38). The molecule has 8 bridgehead atoms. The highest BCUT2D eigenvalue weighted by atomic mass is 15.3. The summed E-state index contributed by atoms with van der Waals surface area (Å²) in [4.78, 5) is 20.9. The first-order valence-electron chi connectivity index (χ1n) is 14.7. The molecule has 5 heterocycles. The van der Waals surface area contributed by atoms with Crippen molar-refractivity contribution < 1.29 is 0 Å². The second-order valence-corrected chi connectivity index (χ2v) is 11.7. The lowest BCUT2D eigenvalue weighted by atomic mass is 9.90. The van der Waals surface area contributed by atoms with Crippen LogP contribution in [0.2, 0.25) is 0 Å². The number of hydrogen-bond acceptors (Lipinski definition) is 8. The molecule has 1 saturated heterocycles. The fourth-order valence-electron chi connectivity index (χ4n) is 7.46. The zero-order chi connectivity index (χ0) is 26.2. The fourth-order valence-corrected chi connectivity index (χ4v) is 7.46. The maximum absolute atomic E-state index is 5.29. The van der Waals surface area contributed by atoms with Crippen LogP contribution in [0.1, 0.15) is 32.1 Å². The van der Waals surface area contributed by atoms with E-state index in [1.54, 1.807) is 0 Å². The number of aliphatic imine (C=N–C) groups is 4. The van der Waals surface area contributed by atoms with E-state index in [1.165, 1.54) is 27.9 Å². The molecule has 5 aliphatic heterocycles. The van der Waals surface area contributed by atoms with Crippen LogP contribution in [0.15, 0.2) is 115 Å². The normalized spacial score (nSPS) is 37.8. The van der Waals surface area contributed by atoms with Crippen LogP contribution in [0.3, 0.4) is 0 Å². The SMILES string of the molecule is C1=CC2C(=CC1)C1=NC2N=C2NC(NC3N=C(NC4=NC(N1)C1C=CCC=C41)C1=C3CC=CC1)C1C=CCC=C21. The van der Waals surface area contributed by atoms with E-state index in [1.807, 2.05) is 0 Å². The summed E-state index contributed by atoms with van der Waals surface area (Å²) in [5.74, 6) is 4.24. The largest absolute Gasteiger partial charge is 0.354 e. The van der Waals surface area contributed by atoms with E-state index in [0.29, 0.717) is 0 Å². The van der Waals surface area contributed by atoms with Gasteiger partial charge in [-0.25, -0.2) is 20.0 Å². The van der Waals surface area contributed by atoms with Crippen LogP contribution in [0.25, 0.3) is 0 Å². The van der Waals surface area contributed by atoms with E-state index in [4.69, 9.17) is 20.0 Å². The molecule has 0 radical (unpaired) electrons. The van der Waals surface area contributed by atoms with E-state index in [9.17, 15) is 0 Å². The molecule has 0 spiro atoms. The Morgan fingerprint density at radius 2 is 1.27 bits per heavy atom. The van der Waals surface area contributed by atoms with E-state index in [0.717, 1.165) is 55.4 Å². The summed E-state index contributed by atoms with van der Waals surface area (Å²) in [6, 6.07) is 0. The molecule has 200 valence electrons. The van der Waals surface area contributed by atoms with E-state index < -0.39 is 0 Å². The lowest BCUT2D eigenvalue weighted by Gasteiger charge is -2.24. The summed E-state index contributed by atoms with van der Waals surface area (Å²) in [6.45, 7) is 0. The lowest BCUT2D eigenvalue weighted by molar-refractivity contribution is 0.413. The van der Waals surface area contributed by atoms with Gasteiger partial charge in [-0.15, -0.1) is 0 Å². The number of amidine groups is 4. The van der Waals surface area contributed by atoms with Crippen LogP contribution >= 0.6 is 0 Å². The molecular formula is C32H32N8. The molecule has 8 heteroatoms. The molecule has 1 fully saturated rings. The van der Waals surface area contributed by atoms with E-state index in [2.05, 4.69) is 88.1 Å². The van der Waals surface area contributed by atoms with Gasteiger partial charge in [0.25, 0.3) is 0 Å². The molecule has 4 N–H and O–H groups in total. The van der Waals surface area contributed by atoms with Crippen molar-refractivity contribution in [2.75, 3.05) is 0 Å². The molecule has 9 rings (SSSR count). The van der Waals surface area contributed by atoms with Crippen molar-refractivity contribution in [3.05, 3.63) is 94.7 Å². The van der Waals surface area contributed by atoms with Crippen molar-refractivity contribution in [3.63, 3.8) is 0 Å². The van der Waals surface area contributed by atoms with Gasteiger partial charge in [-0.2, -0.15) is 0 Å². The fraction of sp³-hybridized carbons (Fsp3) is 0.375. The smallest absolute Gasteiger partial charge is 0.154 e. The number of nitrogens with zero attached hydrogens (tertiary/aromatic N) is 4. The summed E-state index contributed by atoms with van der Waals surface area (Å²) in [6.07, 6.45) is 29.2. The first-order valence-corrected chi connectivity index (χ1v) is 14.7. The molecule has 0 saturated carbocycles. The van der Waals surface area contributed by atoms with Crippen molar-refractivity contribution in [3.8, 4) is 0 Å². The number of hydrogen-bond donors (Lipinski definition) is 4. The summed E-state index contributed by atoms with van der Waals surface area (Å²) in [5, 5.41) is 15.1. The van der Waals surface area contributed by atoms with Gasteiger partial charge in [0.2, 0.25) is 0 Å². The summed E-state index contributed by atoms with van der Waals surface area (Å²) < 4.78 is 0. The third kappa shape index (κ3) is 3.41. The van der Waals surface area contributed by atoms with Crippen molar-refractivity contribution in [2.45, 2.75) is 56.8 Å². The Hall–Kier alpha value is -4.04. The monoisotopic (exact) mass is 528 g/mol. The number of allylic oxidation sites excluding steroid dienone is 8. The van der Waals surface area contributed by atoms with Crippen LogP contribution in [0.5, 0.6) is 0 Å². The van der Waals surface area contributed by atoms with Gasteiger partial charge in [-0.05, 0) is 37.7 Å². The number of rotatable bonds is 0. The average molecular weight is 529 g/mol. The third-order valence-electron chi connectivity index (χ3n) is 9.40. The molecule has 0 aromatic carbocycles. The Morgan fingerprint density at radius 1 is 0.600 bits per heavy atom. The van der Waals surface area contributed by atoms with Crippen molar-refractivity contribution in [1.82, 2.24) is 21.3 Å². The third-order valence-corrected chi connectivity index (χ3v) is 9.40. The minimum absolute atomic E-state index is 0.00544. The topological polar surface area (TPSA) is 97.6 Å². The van der Waals surface area contributed by atoms with Gasteiger partial charge in [0, 0.05) is 40.0 Å². The predicted molar refractivity (Wildman–Crippen MR) is 159 cm³/mol. The first kappa shape index (κ1) is 22.7. The second-order valence-electron chi connectivity index (χ2n) is 11.7. The van der Waals surface area contributed by atoms with Gasteiger partial charge < -0.3 is 16.0 Å². The summed E-state index contributed by atoms with van der Waals surface area (Å²) in [7, 11) is 0. The van der Waals surface area contributed by atoms with E-state index >= 15 is 0 Å². The predicted octanol–water partition coefficient (Wildman–Crippen LogP) is 3.47. The maximum atomic E-state index is 5.29. The van der Waals surface area contributed by atoms with Gasteiger partial charge in [0.1, 0.15) is 35.7 Å². The molecule has 8 nitrogen and oxygen atoms in total. The van der Waals surface area contributed by atoms with Crippen LogP contribution in [0, 0.1) is 17.8 Å². The average Bonchev–Trinajstić information content (AvgIpc) is 3.73. The molecule has 0 aromatic heterocycles. The molecule has 40 heavy (non-hydrogen) atoms. The second kappa shape index (κ2) is 8.73. The van der Waals surface area contributed by atoms with Crippen molar-refractivity contribution in [1.29, 1.82) is 0 Å². The molecule has 9 aliphatic rings. The molecule has 4 aliphatic carbocycles. The molecular weight excluding hydrogens is 496 g/mol. The zero-order valence-electron chi connectivity index (χ0n) is 22.2. The number of nitrogens with one attached hydrogen (secondary N) is 4. The Labute approximate surface area is 233 Å². The van der Waals surface area contributed by atoms with Crippen LogP contribution < -0.4 is 21.3 Å².